The summed E-state index contributed by atoms with van der Waals surface area (Å²) in [6, 6.07) is 20.3. The Labute approximate surface area is 180 Å². The molecule has 0 aliphatic carbocycles. The van der Waals surface area contributed by atoms with Crippen LogP contribution in [0.5, 0.6) is 5.75 Å². The SMILES string of the molecule is CCc1ccc(OCc2nnc(Sc3ncccn3)n2C(C)c2ccccc2)cc1. The molecule has 30 heavy (non-hydrogen) atoms. The average molecular weight is 418 g/mol. The van der Waals surface area contributed by atoms with Gasteiger partial charge in [0.25, 0.3) is 0 Å². The highest BCUT2D eigenvalue weighted by atomic mass is 32.2. The molecule has 0 saturated heterocycles. The molecule has 1 unspecified atom stereocenters. The third kappa shape index (κ3) is 4.68. The molecular formula is C23H23N5OS. The molecule has 2 aromatic heterocycles. The summed E-state index contributed by atoms with van der Waals surface area (Å²) < 4.78 is 8.11. The number of hydrogen-bond donors (Lipinski definition) is 0. The molecule has 0 aliphatic heterocycles. The van der Waals surface area contributed by atoms with Gasteiger partial charge in [-0.3, -0.25) is 4.57 Å². The second-order valence-corrected chi connectivity index (χ2v) is 7.71. The lowest BCUT2D eigenvalue weighted by molar-refractivity contribution is 0.285. The highest BCUT2D eigenvalue weighted by molar-refractivity contribution is 7.99. The number of ether oxygens (including phenoxy) is 1. The van der Waals surface area contributed by atoms with Gasteiger partial charge in [0.15, 0.2) is 16.1 Å². The number of aryl methyl sites for hydroxylation is 1. The Morgan fingerprint density at radius 3 is 2.37 bits per heavy atom. The number of rotatable bonds is 8. The van der Waals surface area contributed by atoms with E-state index in [2.05, 4.69) is 62.8 Å². The van der Waals surface area contributed by atoms with Crippen LogP contribution in [0, 0.1) is 0 Å². The predicted molar refractivity (Wildman–Crippen MR) is 117 cm³/mol. The van der Waals surface area contributed by atoms with Crippen molar-refractivity contribution in [2.75, 3.05) is 0 Å². The first kappa shape index (κ1) is 20.1. The first-order valence-corrected chi connectivity index (χ1v) is 10.7. The number of nitrogens with zero attached hydrogens (tertiary/aromatic N) is 5. The minimum absolute atomic E-state index is 0.0356. The van der Waals surface area contributed by atoms with Gasteiger partial charge in [-0.2, -0.15) is 0 Å². The maximum Gasteiger partial charge on any atom is 0.199 e. The molecule has 7 heteroatoms. The Bertz CT molecular complexity index is 1070. The van der Waals surface area contributed by atoms with E-state index >= 15 is 0 Å². The van der Waals surface area contributed by atoms with E-state index in [4.69, 9.17) is 4.74 Å². The van der Waals surface area contributed by atoms with Crippen LogP contribution in [0.25, 0.3) is 0 Å². The van der Waals surface area contributed by atoms with Gasteiger partial charge < -0.3 is 4.74 Å². The van der Waals surface area contributed by atoms with Crippen molar-refractivity contribution in [3.63, 3.8) is 0 Å². The van der Waals surface area contributed by atoms with Crippen LogP contribution in [-0.2, 0) is 13.0 Å². The zero-order valence-electron chi connectivity index (χ0n) is 17.0. The van der Waals surface area contributed by atoms with Crippen molar-refractivity contribution in [2.45, 2.75) is 43.2 Å². The predicted octanol–water partition coefficient (Wildman–Crippen LogP) is 4.97. The molecule has 2 aromatic carbocycles. The Balaban J connectivity index is 1.61. The van der Waals surface area contributed by atoms with E-state index < -0.39 is 0 Å². The molecule has 1 atom stereocenters. The topological polar surface area (TPSA) is 65.7 Å². The van der Waals surface area contributed by atoms with Crippen LogP contribution in [-0.4, -0.2) is 24.7 Å². The van der Waals surface area contributed by atoms with Gasteiger partial charge in [0.05, 0.1) is 6.04 Å². The normalized spacial score (nSPS) is 11.9. The summed E-state index contributed by atoms with van der Waals surface area (Å²) in [4.78, 5) is 8.61. The van der Waals surface area contributed by atoms with Crippen LogP contribution < -0.4 is 4.74 Å². The van der Waals surface area contributed by atoms with E-state index in [0.717, 1.165) is 23.2 Å². The quantitative estimate of drug-likeness (QED) is 0.377. The van der Waals surface area contributed by atoms with E-state index in [1.807, 2.05) is 30.3 Å². The lowest BCUT2D eigenvalue weighted by atomic mass is 10.1. The maximum atomic E-state index is 6.02. The van der Waals surface area contributed by atoms with Gasteiger partial charge in [-0.15, -0.1) is 10.2 Å². The second kappa shape index (κ2) is 9.54. The molecule has 0 N–H and O–H groups in total. The van der Waals surface area contributed by atoms with Crippen LogP contribution in [0.1, 0.15) is 36.8 Å². The summed E-state index contributed by atoms with van der Waals surface area (Å²) in [6.45, 7) is 4.60. The van der Waals surface area contributed by atoms with Crippen molar-refractivity contribution >= 4 is 11.8 Å². The van der Waals surface area contributed by atoms with Crippen molar-refractivity contribution in [3.05, 3.63) is 90.0 Å². The molecule has 4 aromatic rings. The Hall–Kier alpha value is -3.19. The van der Waals surface area contributed by atoms with Gasteiger partial charge in [-0.05, 0) is 54.4 Å². The molecule has 0 radical (unpaired) electrons. The van der Waals surface area contributed by atoms with Crippen molar-refractivity contribution in [1.29, 1.82) is 0 Å². The van der Waals surface area contributed by atoms with Crippen LogP contribution in [0.3, 0.4) is 0 Å². The fourth-order valence-corrected chi connectivity index (χ4v) is 3.97. The van der Waals surface area contributed by atoms with Crippen molar-refractivity contribution in [3.8, 4) is 5.75 Å². The first-order valence-electron chi connectivity index (χ1n) is 9.90. The smallest absolute Gasteiger partial charge is 0.199 e. The molecule has 152 valence electrons. The summed E-state index contributed by atoms with van der Waals surface area (Å²) >= 11 is 1.40. The summed E-state index contributed by atoms with van der Waals surface area (Å²) in [5.41, 5.74) is 2.45. The molecule has 0 amide bonds. The number of aromatic nitrogens is 5. The molecule has 0 aliphatic rings. The van der Waals surface area contributed by atoms with Crippen molar-refractivity contribution in [2.24, 2.45) is 0 Å². The highest BCUT2D eigenvalue weighted by Gasteiger charge is 2.21. The Morgan fingerprint density at radius 1 is 0.933 bits per heavy atom. The molecule has 0 bridgehead atoms. The largest absolute Gasteiger partial charge is 0.486 e. The molecule has 6 nitrogen and oxygen atoms in total. The fourth-order valence-electron chi connectivity index (χ4n) is 3.13. The van der Waals surface area contributed by atoms with Crippen LogP contribution in [0.15, 0.2) is 83.4 Å². The van der Waals surface area contributed by atoms with Crippen LogP contribution in [0.2, 0.25) is 0 Å². The van der Waals surface area contributed by atoms with E-state index in [1.54, 1.807) is 18.5 Å². The van der Waals surface area contributed by atoms with Crippen molar-refractivity contribution < 1.29 is 4.74 Å². The van der Waals surface area contributed by atoms with E-state index in [9.17, 15) is 0 Å². The van der Waals surface area contributed by atoms with Gasteiger partial charge in [0.2, 0.25) is 0 Å². The second-order valence-electron chi connectivity index (χ2n) is 6.78. The zero-order valence-corrected chi connectivity index (χ0v) is 17.8. The molecular weight excluding hydrogens is 394 g/mol. The molecule has 4 rings (SSSR count). The van der Waals surface area contributed by atoms with Gasteiger partial charge in [0, 0.05) is 12.4 Å². The summed E-state index contributed by atoms with van der Waals surface area (Å²) in [5.74, 6) is 1.57. The average Bonchev–Trinajstić information content (AvgIpc) is 3.21. The first-order chi connectivity index (χ1) is 14.7. The summed E-state index contributed by atoms with van der Waals surface area (Å²) in [5, 5.41) is 10.2. The lowest BCUT2D eigenvalue weighted by Crippen LogP contribution is -2.14. The van der Waals surface area contributed by atoms with E-state index in [1.165, 1.54) is 22.9 Å². The minimum atomic E-state index is 0.0356. The van der Waals surface area contributed by atoms with E-state index in [0.29, 0.717) is 11.8 Å². The van der Waals surface area contributed by atoms with Gasteiger partial charge in [0.1, 0.15) is 12.4 Å². The minimum Gasteiger partial charge on any atom is -0.486 e. The van der Waals surface area contributed by atoms with Gasteiger partial charge in [-0.25, -0.2) is 9.97 Å². The van der Waals surface area contributed by atoms with Crippen LogP contribution >= 0.6 is 11.8 Å². The van der Waals surface area contributed by atoms with Gasteiger partial charge in [-0.1, -0.05) is 49.4 Å². The maximum absolute atomic E-state index is 6.02. The third-order valence-electron chi connectivity index (χ3n) is 4.83. The monoisotopic (exact) mass is 417 g/mol. The Kier molecular flexibility index (Phi) is 6.39. The summed E-state index contributed by atoms with van der Waals surface area (Å²) in [7, 11) is 0. The van der Waals surface area contributed by atoms with E-state index in [-0.39, 0.29) is 6.04 Å². The molecule has 0 fully saturated rings. The third-order valence-corrected chi connectivity index (χ3v) is 5.68. The molecule has 0 spiro atoms. The molecule has 0 saturated carbocycles. The highest BCUT2D eigenvalue weighted by Crippen LogP contribution is 2.29. The van der Waals surface area contributed by atoms with Crippen LogP contribution in [0.4, 0.5) is 0 Å². The standard InChI is InChI=1S/C23H23N5OS/c1-3-18-10-12-20(13-11-18)29-16-21-26-27-23(30-22-24-14-7-15-25-22)28(21)17(2)19-8-5-4-6-9-19/h4-15,17H,3,16H2,1-2H3. The fraction of sp³-hybridized carbons (Fsp3) is 0.217. The summed E-state index contributed by atoms with van der Waals surface area (Å²) in [6.07, 6.45) is 4.45. The number of benzene rings is 2. The van der Waals surface area contributed by atoms with Gasteiger partial charge >= 0.3 is 0 Å². The molecule has 2 heterocycles. The van der Waals surface area contributed by atoms with Crippen molar-refractivity contribution in [1.82, 2.24) is 24.7 Å². The lowest BCUT2D eigenvalue weighted by Gasteiger charge is -2.18. The zero-order chi connectivity index (χ0) is 20.8. The Morgan fingerprint density at radius 2 is 1.67 bits per heavy atom. The number of hydrogen-bond acceptors (Lipinski definition) is 6.